The van der Waals surface area contributed by atoms with Crippen molar-refractivity contribution >= 4 is 22.4 Å². The molecular formula is C17H28N4OS. The van der Waals surface area contributed by atoms with Crippen LogP contribution in [-0.2, 0) is 11.3 Å². The Labute approximate surface area is 143 Å². The van der Waals surface area contributed by atoms with Gasteiger partial charge in [-0.3, -0.25) is 9.69 Å². The molecule has 5 nitrogen and oxygen atoms in total. The molecule has 3 rings (SSSR count). The summed E-state index contributed by atoms with van der Waals surface area (Å²) in [5.74, 6) is 1.14. The molecule has 2 aliphatic rings. The fourth-order valence-corrected chi connectivity index (χ4v) is 4.20. The Kier molecular flexibility index (Phi) is 5.54. The molecule has 1 amide bonds. The first-order valence-electron chi connectivity index (χ1n) is 8.85. The summed E-state index contributed by atoms with van der Waals surface area (Å²) in [5, 5.41) is 3.32. The Hall–Kier alpha value is -1.14. The van der Waals surface area contributed by atoms with E-state index in [1.807, 2.05) is 11.8 Å². The fraction of sp³-hybridized carbons (Fsp3) is 0.765. The molecule has 1 aromatic rings. The van der Waals surface area contributed by atoms with Crippen LogP contribution < -0.4 is 4.90 Å². The number of piperazine rings is 1. The molecule has 0 saturated carbocycles. The lowest BCUT2D eigenvalue weighted by atomic mass is 9.99. The van der Waals surface area contributed by atoms with Gasteiger partial charge in [-0.05, 0) is 31.8 Å². The molecule has 0 atom stereocenters. The van der Waals surface area contributed by atoms with Crippen molar-refractivity contribution in [2.24, 2.45) is 5.92 Å². The summed E-state index contributed by atoms with van der Waals surface area (Å²) in [6.07, 6.45) is 3.23. The molecule has 0 aromatic carbocycles. The van der Waals surface area contributed by atoms with Gasteiger partial charge in [0, 0.05) is 44.5 Å². The predicted octanol–water partition coefficient (Wildman–Crippen LogP) is 2.43. The van der Waals surface area contributed by atoms with E-state index >= 15 is 0 Å². The highest BCUT2D eigenvalue weighted by atomic mass is 32.1. The van der Waals surface area contributed by atoms with Crippen LogP contribution in [0.25, 0.3) is 0 Å². The van der Waals surface area contributed by atoms with Gasteiger partial charge in [-0.25, -0.2) is 4.98 Å². The van der Waals surface area contributed by atoms with E-state index in [0.717, 1.165) is 43.8 Å². The molecule has 23 heavy (non-hydrogen) atoms. The Morgan fingerprint density at radius 2 is 1.91 bits per heavy atom. The van der Waals surface area contributed by atoms with Crippen molar-refractivity contribution < 1.29 is 4.79 Å². The molecule has 6 heteroatoms. The van der Waals surface area contributed by atoms with E-state index in [0.29, 0.717) is 6.42 Å². The van der Waals surface area contributed by atoms with Crippen LogP contribution in [0.3, 0.4) is 0 Å². The second-order valence-electron chi connectivity index (χ2n) is 6.80. The third-order valence-corrected chi connectivity index (χ3v) is 5.96. The zero-order valence-corrected chi connectivity index (χ0v) is 15.1. The first-order valence-corrected chi connectivity index (χ1v) is 9.73. The van der Waals surface area contributed by atoms with Crippen LogP contribution in [-0.4, -0.2) is 60.0 Å². The average Bonchev–Trinajstić information content (AvgIpc) is 3.05. The Morgan fingerprint density at radius 3 is 2.57 bits per heavy atom. The van der Waals surface area contributed by atoms with Gasteiger partial charge in [0.1, 0.15) is 0 Å². The molecule has 2 aliphatic heterocycles. The van der Waals surface area contributed by atoms with E-state index in [9.17, 15) is 4.79 Å². The molecule has 2 fully saturated rings. The molecule has 1 aromatic heterocycles. The molecule has 0 bridgehead atoms. The SMILES string of the molecule is CCC(=O)N1CCN(c2nc(CN3CCC(C)CC3)cs2)CC1. The zero-order valence-electron chi connectivity index (χ0n) is 14.3. The van der Waals surface area contributed by atoms with Gasteiger partial charge in [0.2, 0.25) is 5.91 Å². The van der Waals surface area contributed by atoms with Gasteiger partial charge in [0.25, 0.3) is 0 Å². The third-order valence-electron chi connectivity index (χ3n) is 5.01. The van der Waals surface area contributed by atoms with Crippen molar-refractivity contribution in [1.29, 1.82) is 0 Å². The van der Waals surface area contributed by atoms with Gasteiger partial charge in [-0.15, -0.1) is 11.3 Å². The molecule has 3 heterocycles. The molecule has 0 spiro atoms. The summed E-state index contributed by atoms with van der Waals surface area (Å²) in [5.41, 5.74) is 1.20. The van der Waals surface area contributed by atoms with Gasteiger partial charge in [0.05, 0.1) is 5.69 Å². The molecule has 2 saturated heterocycles. The Morgan fingerprint density at radius 1 is 1.22 bits per heavy atom. The first kappa shape index (κ1) is 16.7. The summed E-state index contributed by atoms with van der Waals surface area (Å²) in [4.78, 5) is 23.4. The number of nitrogens with zero attached hydrogens (tertiary/aromatic N) is 4. The van der Waals surface area contributed by atoms with E-state index in [4.69, 9.17) is 4.98 Å². The molecule has 0 unspecified atom stereocenters. The molecule has 0 radical (unpaired) electrons. The molecule has 0 aliphatic carbocycles. The summed E-state index contributed by atoms with van der Waals surface area (Å²) in [6, 6.07) is 0. The number of anilines is 1. The fourth-order valence-electron chi connectivity index (χ4n) is 3.33. The minimum absolute atomic E-state index is 0.267. The summed E-state index contributed by atoms with van der Waals surface area (Å²) in [6.45, 7) is 11.1. The quantitative estimate of drug-likeness (QED) is 0.847. The van der Waals surface area contributed by atoms with Crippen molar-refractivity contribution in [2.75, 3.05) is 44.2 Å². The number of carbonyl (C=O) groups excluding carboxylic acids is 1. The van der Waals surface area contributed by atoms with Crippen molar-refractivity contribution in [3.63, 3.8) is 0 Å². The molecule has 128 valence electrons. The van der Waals surface area contributed by atoms with Gasteiger partial charge in [0.15, 0.2) is 5.13 Å². The van der Waals surface area contributed by atoms with Crippen molar-refractivity contribution in [3.05, 3.63) is 11.1 Å². The van der Waals surface area contributed by atoms with Crippen LogP contribution in [0.5, 0.6) is 0 Å². The lowest BCUT2D eigenvalue weighted by Crippen LogP contribution is -2.48. The largest absolute Gasteiger partial charge is 0.345 e. The number of piperidine rings is 1. The number of aromatic nitrogens is 1. The number of amides is 1. The molecule has 0 N–H and O–H groups in total. The maximum Gasteiger partial charge on any atom is 0.222 e. The standard InChI is InChI=1S/C17H28N4OS/c1-3-16(22)20-8-10-21(11-9-20)17-18-15(13-23-17)12-19-6-4-14(2)5-7-19/h13-14H,3-12H2,1-2H3. The smallest absolute Gasteiger partial charge is 0.222 e. The number of carbonyl (C=O) groups is 1. The Bertz CT molecular complexity index is 516. The van der Waals surface area contributed by atoms with Crippen LogP contribution >= 0.6 is 11.3 Å². The number of hydrogen-bond acceptors (Lipinski definition) is 5. The van der Waals surface area contributed by atoms with Crippen LogP contribution in [0, 0.1) is 5.92 Å². The highest BCUT2D eigenvalue weighted by Gasteiger charge is 2.22. The zero-order chi connectivity index (χ0) is 16.2. The predicted molar refractivity (Wildman–Crippen MR) is 94.9 cm³/mol. The maximum absolute atomic E-state index is 11.7. The highest BCUT2D eigenvalue weighted by molar-refractivity contribution is 7.13. The maximum atomic E-state index is 11.7. The number of thiazole rings is 1. The van der Waals surface area contributed by atoms with E-state index in [1.54, 1.807) is 11.3 Å². The minimum Gasteiger partial charge on any atom is -0.345 e. The highest BCUT2D eigenvalue weighted by Crippen LogP contribution is 2.24. The Balaban J connectivity index is 1.51. The van der Waals surface area contributed by atoms with Crippen molar-refractivity contribution in [2.45, 2.75) is 39.7 Å². The van der Waals surface area contributed by atoms with Gasteiger partial charge in [-0.1, -0.05) is 13.8 Å². The lowest BCUT2D eigenvalue weighted by molar-refractivity contribution is -0.131. The van der Waals surface area contributed by atoms with E-state index < -0.39 is 0 Å². The monoisotopic (exact) mass is 336 g/mol. The van der Waals surface area contributed by atoms with E-state index in [1.165, 1.54) is 31.6 Å². The van der Waals surface area contributed by atoms with E-state index in [-0.39, 0.29) is 5.91 Å². The van der Waals surface area contributed by atoms with Gasteiger partial charge < -0.3 is 9.80 Å². The first-order chi connectivity index (χ1) is 11.2. The third kappa shape index (κ3) is 4.23. The van der Waals surface area contributed by atoms with Crippen LogP contribution in [0.2, 0.25) is 0 Å². The van der Waals surface area contributed by atoms with Crippen LogP contribution in [0.4, 0.5) is 5.13 Å². The van der Waals surface area contributed by atoms with Gasteiger partial charge >= 0.3 is 0 Å². The summed E-state index contributed by atoms with van der Waals surface area (Å²) >= 11 is 1.75. The normalized spacial score (nSPS) is 21.0. The lowest BCUT2D eigenvalue weighted by Gasteiger charge is -2.34. The molecular weight excluding hydrogens is 308 g/mol. The summed E-state index contributed by atoms with van der Waals surface area (Å²) < 4.78 is 0. The van der Waals surface area contributed by atoms with Crippen LogP contribution in [0.15, 0.2) is 5.38 Å². The van der Waals surface area contributed by atoms with Crippen molar-refractivity contribution in [3.8, 4) is 0 Å². The van der Waals surface area contributed by atoms with Gasteiger partial charge in [-0.2, -0.15) is 0 Å². The minimum atomic E-state index is 0.267. The number of rotatable bonds is 4. The van der Waals surface area contributed by atoms with E-state index in [2.05, 4.69) is 22.1 Å². The van der Waals surface area contributed by atoms with Crippen molar-refractivity contribution in [1.82, 2.24) is 14.8 Å². The van der Waals surface area contributed by atoms with Crippen LogP contribution in [0.1, 0.15) is 38.8 Å². The summed E-state index contributed by atoms with van der Waals surface area (Å²) in [7, 11) is 0. The second kappa shape index (κ2) is 7.62. The topological polar surface area (TPSA) is 39.7 Å². The number of hydrogen-bond donors (Lipinski definition) is 0. The number of likely N-dealkylation sites (tertiary alicyclic amines) is 1. The second-order valence-corrected chi connectivity index (χ2v) is 7.64. The average molecular weight is 337 g/mol.